The Kier molecular flexibility index (Phi) is 6.26. The van der Waals surface area contributed by atoms with Crippen LogP contribution in [0.2, 0.25) is 0 Å². The molecule has 4 nitrogen and oxygen atoms in total. The number of hydrogen-bond donors (Lipinski definition) is 0. The maximum Gasteiger partial charge on any atom is 0.425 e. The van der Waals surface area contributed by atoms with Crippen LogP contribution in [0.1, 0.15) is 26.3 Å². The van der Waals surface area contributed by atoms with Gasteiger partial charge in [0, 0.05) is 11.8 Å². The molecular formula is C14H14ClF4N3O. The number of halogens is 5. The summed E-state index contributed by atoms with van der Waals surface area (Å²) < 4.78 is 55.7. The first-order valence-corrected chi connectivity index (χ1v) is 6.71. The molecule has 1 aromatic rings. The van der Waals surface area contributed by atoms with Gasteiger partial charge in [0.25, 0.3) is 5.88 Å². The monoisotopic (exact) mass is 351 g/mol. The molecule has 0 saturated heterocycles. The second kappa shape index (κ2) is 7.54. The van der Waals surface area contributed by atoms with E-state index in [0.29, 0.717) is 5.70 Å². The minimum Gasteiger partial charge on any atom is -0.463 e. The number of nitrogens with zero attached hydrogens (tertiary/aromatic N) is 3. The van der Waals surface area contributed by atoms with Gasteiger partial charge in [-0.1, -0.05) is 11.6 Å². The molecule has 0 aliphatic rings. The minimum absolute atomic E-state index is 0.184. The predicted octanol–water partition coefficient (Wildman–Crippen LogP) is 4.60. The zero-order chi connectivity index (χ0) is 17.8. The lowest BCUT2D eigenvalue weighted by Gasteiger charge is -2.17. The van der Waals surface area contributed by atoms with Gasteiger partial charge in [-0.3, -0.25) is 4.99 Å². The van der Waals surface area contributed by atoms with Crippen molar-refractivity contribution in [2.24, 2.45) is 9.98 Å². The van der Waals surface area contributed by atoms with Crippen LogP contribution in [0, 0.1) is 5.82 Å². The van der Waals surface area contributed by atoms with Crippen molar-refractivity contribution < 1.29 is 22.3 Å². The van der Waals surface area contributed by atoms with Gasteiger partial charge in [0.1, 0.15) is 5.17 Å². The fourth-order valence-electron chi connectivity index (χ4n) is 1.57. The summed E-state index contributed by atoms with van der Waals surface area (Å²) in [4.78, 5) is 11.2. The fourth-order valence-corrected chi connectivity index (χ4v) is 1.70. The molecule has 0 unspecified atom stereocenters. The van der Waals surface area contributed by atoms with Gasteiger partial charge >= 0.3 is 6.18 Å². The molecule has 0 saturated carbocycles. The van der Waals surface area contributed by atoms with E-state index < -0.39 is 24.0 Å². The number of ether oxygens (including phenoxy) is 1. The summed E-state index contributed by atoms with van der Waals surface area (Å²) in [6.45, 7) is 7.22. The lowest BCUT2D eigenvalue weighted by molar-refractivity contribution is -0.190. The molecule has 0 aliphatic carbocycles. The van der Waals surface area contributed by atoms with E-state index >= 15 is 0 Å². The van der Waals surface area contributed by atoms with Crippen molar-refractivity contribution in [3.63, 3.8) is 0 Å². The molecule has 1 rings (SSSR count). The third-order valence-corrected chi connectivity index (χ3v) is 2.74. The molecule has 1 heterocycles. The van der Waals surface area contributed by atoms with Gasteiger partial charge in [0.15, 0.2) is 11.9 Å². The van der Waals surface area contributed by atoms with E-state index in [1.807, 2.05) is 0 Å². The Hall–Kier alpha value is -1.96. The summed E-state index contributed by atoms with van der Waals surface area (Å²) in [5.41, 5.74) is 0.738. The number of hydrogen-bond acceptors (Lipinski definition) is 4. The van der Waals surface area contributed by atoms with Crippen molar-refractivity contribution in [1.82, 2.24) is 4.98 Å². The molecule has 0 spiro atoms. The van der Waals surface area contributed by atoms with E-state index in [9.17, 15) is 17.6 Å². The second-order valence-electron chi connectivity index (χ2n) is 4.51. The van der Waals surface area contributed by atoms with Crippen LogP contribution in [-0.2, 0) is 0 Å². The third-order valence-electron chi connectivity index (χ3n) is 2.65. The van der Waals surface area contributed by atoms with E-state index in [2.05, 4.69) is 26.4 Å². The topological polar surface area (TPSA) is 46.8 Å². The van der Waals surface area contributed by atoms with Crippen LogP contribution in [-0.4, -0.2) is 29.2 Å². The Morgan fingerprint density at radius 1 is 1.39 bits per heavy atom. The Bertz CT molecular complexity index is 652. The maximum absolute atomic E-state index is 13.9. The molecule has 0 aliphatic heterocycles. The standard InChI is InChI=1S/C14H14ClF4N3O/c1-7(22-9(3)15)12(20-4)10-5-11(16)13(21-6-10)23-8(2)14(17,18)19/h5-6,8H,4H2,1-3H3/b12-7-,22-9?/t8-/m1/s1. The molecule has 0 amide bonds. The number of pyridine rings is 1. The summed E-state index contributed by atoms with van der Waals surface area (Å²) in [6, 6.07) is 0.942. The zero-order valence-corrected chi connectivity index (χ0v) is 13.3. The van der Waals surface area contributed by atoms with Crippen molar-refractivity contribution in [3.8, 4) is 5.88 Å². The van der Waals surface area contributed by atoms with Crippen LogP contribution in [0.4, 0.5) is 17.6 Å². The van der Waals surface area contributed by atoms with Crippen molar-refractivity contribution in [2.75, 3.05) is 0 Å². The Morgan fingerprint density at radius 2 is 2.00 bits per heavy atom. The Morgan fingerprint density at radius 3 is 2.43 bits per heavy atom. The lowest BCUT2D eigenvalue weighted by atomic mass is 10.2. The molecule has 1 atom stereocenters. The highest BCUT2D eigenvalue weighted by Crippen LogP contribution is 2.28. The summed E-state index contributed by atoms with van der Waals surface area (Å²) in [5.74, 6) is -1.81. The van der Waals surface area contributed by atoms with E-state index in [-0.39, 0.29) is 16.4 Å². The van der Waals surface area contributed by atoms with Crippen molar-refractivity contribution in [1.29, 1.82) is 0 Å². The van der Waals surface area contributed by atoms with E-state index in [1.54, 1.807) is 13.8 Å². The van der Waals surface area contributed by atoms with E-state index in [0.717, 1.165) is 19.2 Å². The molecule has 9 heteroatoms. The van der Waals surface area contributed by atoms with Crippen molar-refractivity contribution in [2.45, 2.75) is 33.1 Å². The summed E-state index contributed by atoms with van der Waals surface area (Å²) in [7, 11) is 0. The maximum atomic E-state index is 13.9. The molecule has 0 bridgehead atoms. The van der Waals surface area contributed by atoms with Crippen LogP contribution in [0.25, 0.3) is 5.70 Å². The summed E-state index contributed by atoms with van der Waals surface area (Å²) in [6.07, 6.45) is -5.69. The van der Waals surface area contributed by atoms with Gasteiger partial charge in [0.2, 0.25) is 0 Å². The van der Waals surface area contributed by atoms with Crippen molar-refractivity contribution in [3.05, 3.63) is 29.3 Å². The molecule has 126 valence electrons. The Balaban J connectivity index is 3.17. The number of aromatic nitrogens is 1. The second-order valence-corrected chi connectivity index (χ2v) is 5.06. The van der Waals surface area contributed by atoms with Gasteiger partial charge in [-0.2, -0.15) is 13.2 Å². The van der Waals surface area contributed by atoms with Gasteiger partial charge in [-0.15, -0.1) is 0 Å². The quantitative estimate of drug-likeness (QED) is 0.575. The zero-order valence-electron chi connectivity index (χ0n) is 12.6. The molecule has 0 aromatic carbocycles. The normalized spacial score (nSPS) is 15.0. The molecule has 1 aromatic heterocycles. The number of alkyl halides is 3. The van der Waals surface area contributed by atoms with Gasteiger partial charge in [0.05, 0.1) is 11.4 Å². The largest absolute Gasteiger partial charge is 0.463 e. The van der Waals surface area contributed by atoms with E-state index in [4.69, 9.17) is 11.6 Å². The first-order chi connectivity index (χ1) is 10.6. The first kappa shape index (κ1) is 19.1. The fraction of sp³-hybridized carbons (Fsp3) is 0.357. The van der Waals surface area contributed by atoms with Gasteiger partial charge in [-0.05, 0) is 33.6 Å². The van der Waals surface area contributed by atoms with Crippen LogP contribution in [0.5, 0.6) is 5.88 Å². The molecule has 0 fully saturated rings. The highest BCUT2D eigenvalue weighted by Gasteiger charge is 2.38. The van der Waals surface area contributed by atoms with Crippen LogP contribution < -0.4 is 4.74 Å². The average molecular weight is 352 g/mol. The molecular weight excluding hydrogens is 338 g/mol. The highest BCUT2D eigenvalue weighted by atomic mass is 35.5. The summed E-state index contributed by atoms with van der Waals surface area (Å²) in [5, 5.41) is 0.232. The minimum atomic E-state index is -4.62. The lowest BCUT2D eigenvalue weighted by Crippen LogP contribution is -2.31. The summed E-state index contributed by atoms with van der Waals surface area (Å²) >= 11 is 5.66. The number of rotatable bonds is 5. The first-order valence-electron chi connectivity index (χ1n) is 6.34. The number of allylic oxidation sites excluding steroid dienone is 1. The van der Waals surface area contributed by atoms with E-state index in [1.165, 1.54) is 0 Å². The Labute approximate surface area is 135 Å². The predicted molar refractivity (Wildman–Crippen MR) is 81.4 cm³/mol. The van der Waals surface area contributed by atoms with Crippen LogP contribution in [0.3, 0.4) is 0 Å². The van der Waals surface area contributed by atoms with Crippen LogP contribution >= 0.6 is 11.6 Å². The van der Waals surface area contributed by atoms with Crippen LogP contribution in [0.15, 0.2) is 27.9 Å². The highest BCUT2D eigenvalue weighted by molar-refractivity contribution is 6.64. The van der Waals surface area contributed by atoms with Gasteiger partial charge < -0.3 is 4.74 Å². The molecule has 0 N–H and O–H groups in total. The third kappa shape index (κ3) is 5.31. The average Bonchev–Trinajstić information content (AvgIpc) is 2.40. The van der Waals surface area contributed by atoms with Gasteiger partial charge in [-0.25, -0.2) is 14.4 Å². The molecule has 23 heavy (non-hydrogen) atoms. The smallest absolute Gasteiger partial charge is 0.425 e. The molecule has 0 radical (unpaired) electrons. The van der Waals surface area contributed by atoms with Crippen molar-refractivity contribution >= 4 is 29.2 Å². The number of aliphatic imine (C=N–C) groups is 2. The SMILES string of the molecule is C=N/C(=C(/C)N=C(C)Cl)c1cnc(O[C@H](C)C(F)(F)F)c(F)c1.